The van der Waals surface area contributed by atoms with Crippen molar-refractivity contribution in [2.45, 2.75) is 6.92 Å². The summed E-state index contributed by atoms with van der Waals surface area (Å²) < 4.78 is 5.14. The second-order valence-electron chi connectivity index (χ2n) is 4.73. The largest absolute Gasteiger partial charge is 0.495 e. The molecule has 0 unspecified atom stereocenters. The average Bonchev–Trinajstić information content (AvgIpc) is 2.54. The van der Waals surface area contributed by atoms with Crippen molar-refractivity contribution in [2.24, 2.45) is 0 Å². The number of methoxy groups -OCH3 is 1. The highest BCUT2D eigenvalue weighted by Crippen LogP contribution is 2.26. The zero-order valence-electron chi connectivity index (χ0n) is 12.5. The van der Waals surface area contributed by atoms with E-state index < -0.39 is 10.8 Å². The number of rotatable bonds is 5. The van der Waals surface area contributed by atoms with Crippen LogP contribution in [0.3, 0.4) is 0 Å². The van der Waals surface area contributed by atoms with Crippen LogP contribution < -0.4 is 10.1 Å². The zero-order valence-corrected chi connectivity index (χ0v) is 12.5. The number of Topliss-reactive ketones (excluding diaryl/α,β-unsaturated/α-hetero) is 1. The second kappa shape index (κ2) is 6.69. The minimum Gasteiger partial charge on any atom is -0.495 e. The number of ketones is 1. The van der Waals surface area contributed by atoms with E-state index in [0.29, 0.717) is 17.0 Å². The molecule has 0 saturated heterocycles. The van der Waals surface area contributed by atoms with E-state index in [-0.39, 0.29) is 17.0 Å². The number of benzene rings is 2. The number of nitro groups is 1. The molecule has 0 bridgehead atoms. The van der Waals surface area contributed by atoms with Gasteiger partial charge in [-0.15, -0.1) is 0 Å². The Bertz CT molecular complexity index is 786. The molecule has 1 amide bonds. The van der Waals surface area contributed by atoms with E-state index in [1.165, 1.54) is 44.4 Å². The molecule has 0 aliphatic rings. The molecule has 0 aromatic heterocycles. The van der Waals surface area contributed by atoms with Gasteiger partial charge in [-0.1, -0.05) is 6.07 Å². The van der Waals surface area contributed by atoms with E-state index in [2.05, 4.69) is 5.32 Å². The highest BCUT2D eigenvalue weighted by molar-refractivity contribution is 6.06. The van der Waals surface area contributed by atoms with E-state index >= 15 is 0 Å². The third-order valence-electron chi connectivity index (χ3n) is 3.17. The molecule has 7 heteroatoms. The topological polar surface area (TPSA) is 98.5 Å². The SMILES string of the molecule is COc1ccc(C(C)=O)cc1NC(=O)c1cccc([N+](=O)[O-])c1. The first-order valence-electron chi connectivity index (χ1n) is 6.67. The number of nitrogens with zero attached hydrogens (tertiary/aromatic N) is 1. The summed E-state index contributed by atoms with van der Waals surface area (Å²) in [7, 11) is 1.44. The Balaban J connectivity index is 2.32. The number of nitro benzene ring substituents is 1. The van der Waals surface area contributed by atoms with Gasteiger partial charge in [0, 0.05) is 23.3 Å². The molecule has 0 aliphatic heterocycles. The number of anilines is 1. The van der Waals surface area contributed by atoms with Gasteiger partial charge in [0.2, 0.25) is 0 Å². The van der Waals surface area contributed by atoms with Crippen LogP contribution in [-0.2, 0) is 0 Å². The lowest BCUT2D eigenvalue weighted by molar-refractivity contribution is -0.384. The number of hydrogen-bond acceptors (Lipinski definition) is 5. The van der Waals surface area contributed by atoms with Gasteiger partial charge in [-0.25, -0.2) is 0 Å². The predicted octanol–water partition coefficient (Wildman–Crippen LogP) is 3.06. The number of carbonyl (C=O) groups is 2. The molecular weight excluding hydrogens is 300 g/mol. The van der Waals surface area contributed by atoms with Gasteiger partial charge < -0.3 is 10.1 Å². The molecule has 0 radical (unpaired) electrons. The zero-order chi connectivity index (χ0) is 17.0. The van der Waals surface area contributed by atoms with Crippen LogP contribution in [-0.4, -0.2) is 23.7 Å². The van der Waals surface area contributed by atoms with Crippen molar-refractivity contribution in [3.8, 4) is 5.75 Å². The van der Waals surface area contributed by atoms with E-state index in [4.69, 9.17) is 4.74 Å². The molecule has 0 heterocycles. The third-order valence-corrected chi connectivity index (χ3v) is 3.17. The molecule has 0 saturated carbocycles. The van der Waals surface area contributed by atoms with Gasteiger partial charge in [0.05, 0.1) is 17.7 Å². The van der Waals surface area contributed by atoms with E-state index in [1.54, 1.807) is 12.1 Å². The molecular formula is C16H14N2O5. The number of non-ortho nitro benzene ring substituents is 1. The molecule has 118 valence electrons. The molecule has 2 aromatic rings. The smallest absolute Gasteiger partial charge is 0.270 e. The molecule has 0 atom stereocenters. The summed E-state index contributed by atoms with van der Waals surface area (Å²) in [5.74, 6) is -0.306. The highest BCUT2D eigenvalue weighted by Gasteiger charge is 2.14. The molecule has 7 nitrogen and oxygen atoms in total. The van der Waals surface area contributed by atoms with Crippen molar-refractivity contribution in [3.05, 3.63) is 63.7 Å². The number of carbonyl (C=O) groups excluding carboxylic acids is 2. The van der Waals surface area contributed by atoms with Crippen LogP contribution in [0, 0.1) is 10.1 Å². The Kier molecular flexibility index (Phi) is 4.70. The number of nitrogens with one attached hydrogen (secondary N) is 1. The van der Waals surface area contributed by atoms with E-state index in [9.17, 15) is 19.7 Å². The normalized spacial score (nSPS) is 10.0. The van der Waals surface area contributed by atoms with Gasteiger partial charge in [-0.05, 0) is 31.2 Å². The minimum atomic E-state index is -0.576. The molecule has 0 fully saturated rings. The number of hydrogen-bond donors (Lipinski definition) is 1. The van der Waals surface area contributed by atoms with Crippen molar-refractivity contribution in [1.29, 1.82) is 0 Å². The predicted molar refractivity (Wildman–Crippen MR) is 84.0 cm³/mol. The second-order valence-corrected chi connectivity index (χ2v) is 4.73. The molecule has 0 aliphatic carbocycles. The maximum atomic E-state index is 12.3. The molecule has 2 aromatic carbocycles. The van der Waals surface area contributed by atoms with Crippen molar-refractivity contribution in [1.82, 2.24) is 0 Å². The van der Waals surface area contributed by atoms with Crippen LogP contribution in [0.4, 0.5) is 11.4 Å². The molecule has 2 rings (SSSR count). The number of ether oxygens (including phenoxy) is 1. The third kappa shape index (κ3) is 3.70. The van der Waals surface area contributed by atoms with Crippen LogP contribution in [0.25, 0.3) is 0 Å². The van der Waals surface area contributed by atoms with Gasteiger partial charge in [-0.2, -0.15) is 0 Å². The lowest BCUT2D eigenvalue weighted by atomic mass is 10.1. The van der Waals surface area contributed by atoms with Gasteiger partial charge in [0.25, 0.3) is 11.6 Å². The van der Waals surface area contributed by atoms with Crippen molar-refractivity contribution >= 4 is 23.1 Å². The van der Waals surface area contributed by atoms with Gasteiger partial charge in [-0.3, -0.25) is 19.7 Å². The summed E-state index contributed by atoms with van der Waals surface area (Å²) in [4.78, 5) is 33.9. The van der Waals surface area contributed by atoms with Gasteiger partial charge >= 0.3 is 0 Å². The monoisotopic (exact) mass is 314 g/mol. The van der Waals surface area contributed by atoms with Crippen molar-refractivity contribution < 1.29 is 19.2 Å². The molecule has 1 N–H and O–H groups in total. The summed E-state index contributed by atoms with van der Waals surface area (Å²) in [6, 6.07) is 10.0. The van der Waals surface area contributed by atoms with Crippen LogP contribution in [0.5, 0.6) is 5.75 Å². The Morgan fingerprint density at radius 3 is 2.48 bits per heavy atom. The summed E-state index contributed by atoms with van der Waals surface area (Å²) in [5.41, 5.74) is 0.688. The standard InChI is InChI=1S/C16H14N2O5/c1-10(19)11-6-7-15(23-2)14(9-11)17-16(20)12-4-3-5-13(8-12)18(21)22/h3-9H,1-2H3,(H,17,20). The van der Waals surface area contributed by atoms with Crippen LogP contribution in [0.2, 0.25) is 0 Å². The lowest BCUT2D eigenvalue weighted by Gasteiger charge is -2.11. The molecule has 23 heavy (non-hydrogen) atoms. The van der Waals surface area contributed by atoms with Crippen LogP contribution in [0.1, 0.15) is 27.6 Å². The lowest BCUT2D eigenvalue weighted by Crippen LogP contribution is -2.13. The Morgan fingerprint density at radius 2 is 1.87 bits per heavy atom. The van der Waals surface area contributed by atoms with Crippen molar-refractivity contribution in [3.63, 3.8) is 0 Å². The fourth-order valence-corrected chi connectivity index (χ4v) is 1.98. The summed E-state index contributed by atoms with van der Waals surface area (Å²) >= 11 is 0. The van der Waals surface area contributed by atoms with Crippen molar-refractivity contribution in [2.75, 3.05) is 12.4 Å². The molecule has 0 spiro atoms. The number of amides is 1. The Labute approximate surface area is 132 Å². The van der Waals surface area contributed by atoms with Gasteiger partial charge in [0.15, 0.2) is 5.78 Å². The Hall–Kier alpha value is -3.22. The Morgan fingerprint density at radius 1 is 1.13 bits per heavy atom. The minimum absolute atomic E-state index is 0.134. The van der Waals surface area contributed by atoms with Crippen LogP contribution >= 0.6 is 0 Å². The first-order chi connectivity index (χ1) is 10.9. The van der Waals surface area contributed by atoms with E-state index in [0.717, 1.165) is 0 Å². The summed E-state index contributed by atoms with van der Waals surface area (Å²) in [5, 5.41) is 13.4. The first-order valence-corrected chi connectivity index (χ1v) is 6.67. The average molecular weight is 314 g/mol. The summed E-state index contributed by atoms with van der Waals surface area (Å²) in [6.45, 7) is 1.41. The highest BCUT2D eigenvalue weighted by atomic mass is 16.6. The summed E-state index contributed by atoms with van der Waals surface area (Å²) in [6.07, 6.45) is 0. The van der Waals surface area contributed by atoms with E-state index in [1.807, 2.05) is 0 Å². The quantitative estimate of drug-likeness (QED) is 0.519. The maximum Gasteiger partial charge on any atom is 0.270 e. The van der Waals surface area contributed by atoms with Gasteiger partial charge in [0.1, 0.15) is 5.75 Å². The fraction of sp³-hybridized carbons (Fsp3) is 0.125. The fourth-order valence-electron chi connectivity index (χ4n) is 1.98. The van der Waals surface area contributed by atoms with Crippen LogP contribution in [0.15, 0.2) is 42.5 Å². The maximum absolute atomic E-state index is 12.3. The first kappa shape index (κ1) is 16.2.